The van der Waals surface area contributed by atoms with Crippen molar-refractivity contribution >= 4 is 23.1 Å². The van der Waals surface area contributed by atoms with Crippen LogP contribution in [0.15, 0.2) is 53.2 Å². The first kappa shape index (κ1) is 14.8. The predicted octanol–water partition coefficient (Wildman–Crippen LogP) is 3.68. The van der Waals surface area contributed by atoms with Gasteiger partial charge in [-0.1, -0.05) is 17.3 Å². The summed E-state index contributed by atoms with van der Waals surface area (Å²) in [7, 11) is 0. The average molecular weight is 308 g/mol. The lowest BCUT2D eigenvalue weighted by Crippen LogP contribution is -2.13. The summed E-state index contributed by atoms with van der Waals surface area (Å²) in [6.45, 7) is 3.79. The van der Waals surface area contributed by atoms with Crippen LogP contribution in [0.2, 0.25) is 0 Å². The molecule has 0 aliphatic heterocycles. The Kier molecular flexibility index (Phi) is 4.05. The van der Waals surface area contributed by atoms with Gasteiger partial charge >= 0.3 is 0 Å². The highest BCUT2D eigenvalue weighted by Gasteiger charge is 2.08. The van der Waals surface area contributed by atoms with Crippen molar-refractivity contribution in [3.63, 3.8) is 0 Å². The quantitative estimate of drug-likeness (QED) is 0.768. The first-order valence-electron chi connectivity index (χ1n) is 7.14. The predicted molar refractivity (Wildman–Crippen MR) is 87.9 cm³/mol. The number of aryl methyl sites for hydroxylation is 2. The zero-order valence-electron chi connectivity index (χ0n) is 12.8. The molecule has 0 bridgehead atoms. The van der Waals surface area contributed by atoms with Gasteiger partial charge in [0, 0.05) is 11.8 Å². The van der Waals surface area contributed by atoms with Crippen molar-refractivity contribution in [3.05, 3.63) is 65.7 Å². The molecule has 6 nitrogen and oxygen atoms in total. The molecule has 1 amide bonds. The Balaban J connectivity index is 1.67. The van der Waals surface area contributed by atoms with Crippen LogP contribution in [0.1, 0.15) is 21.8 Å². The number of nitrogens with zero attached hydrogens (tertiary/aromatic N) is 2. The molecule has 0 spiro atoms. The molecule has 0 saturated carbocycles. The average Bonchev–Trinajstić information content (AvgIpc) is 2.93. The molecule has 0 atom stereocenters. The SMILES string of the molecule is Cc1cccc(NC(=O)c2ccc(Nc3cc(C)on3)cn2)c1. The minimum atomic E-state index is -0.251. The van der Waals surface area contributed by atoms with Crippen LogP contribution in [-0.2, 0) is 0 Å². The van der Waals surface area contributed by atoms with Gasteiger partial charge in [0.25, 0.3) is 5.91 Å². The highest BCUT2D eigenvalue weighted by molar-refractivity contribution is 6.03. The van der Waals surface area contributed by atoms with Crippen molar-refractivity contribution in [1.29, 1.82) is 0 Å². The fourth-order valence-electron chi connectivity index (χ4n) is 2.09. The molecule has 3 rings (SSSR count). The lowest BCUT2D eigenvalue weighted by atomic mass is 10.2. The highest BCUT2D eigenvalue weighted by Crippen LogP contribution is 2.16. The second-order valence-corrected chi connectivity index (χ2v) is 5.20. The first-order chi connectivity index (χ1) is 11.1. The summed E-state index contributed by atoms with van der Waals surface area (Å²) in [6.07, 6.45) is 1.58. The lowest BCUT2D eigenvalue weighted by molar-refractivity contribution is 0.102. The summed E-state index contributed by atoms with van der Waals surface area (Å²) in [5, 5.41) is 9.71. The molecule has 0 unspecified atom stereocenters. The van der Waals surface area contributed by atoms with Crippen LogP contribution < -0.4 is 10.6 Å². The number of rotatable bonds is 4. The van der Waals surface area contributed by atoms with Crippen molar-refractivity contribution in [3.8, 4) is 0 Å². The monoisotopic (exact) mass is 308 g/mol. The number of amides is 1. The minimum absolute atomic E-state index is 0.251. The standard InChI is InChI=1S/C17H16N4O2/c1-11-4-3-5-13(8-11)20-17(22)15-7-6-14(10-18-15)19-16-9-12(2)23-21-16/h3-10H,1-2H3,(H,19,21)(H,20,22). The molecule has 2 N–H and O–H groups in total. The van der Waals surface area contributed by atoms with E-state index in [0.717, 1.165) is 22.7 Å². The molecule has 0 saturated heterocycles. The normalized spacial score (nSPS) is 10.3. The number of anilines is 3. The second kappa shape index (κ2) is 6.31. The third kappa shape index (κ3) is 3.74. The van der Waals surface area contributed by atoms with E-state index >= 15 is 0 Å². The third-order valence-electron chi connectivity index (χ3n) is 3.17. The van der Waals surface area contributed by atoms with Crippen LogP contribution in [0.3, 0.4) is 0 Å². The van der Waals surface area contributed by atoms with Crippen molar-refractivity contribution in [2.75, 3.05) is 10.6 Å². The Morgan fingerprint density at radius 1 is 1.09 bits per heavy atom. The molecular formula is C17H16N4O2. The van der Waals surface area contributed by atoms with Crippen LogP contribution in [0.25, 0.3) is 0 Å². The van der Waals surface area contributed by atoms with E-state index in [1.54, 1.807) is 24.4 Å². The van der Waals surface area contributed by atoms with Crippen LogP contribution in [0.5, 0.6) is 0 Å². The Morgan fingerprint density at radius 3 is 2.61 bits per heavy atom. The van der Waals surface area contributed by atoms with Crippen molar-refractivity contribution in [2.24, 2.45) is 0 Å². The molecule has 1 aromatic carbocycles. The third-order valence-corrected chi connectivity index (χ3v) is 3.17. The van der Waals surface area contributed by atoms with Gasteiger partial charge in [-0.3, -0.25) is 4.79 Å². The van der Waals surface area contributed by atoms with Gasteiger partial charge in [0.05, 0.1) is 11.9 Å². The van der Waals surface area contributed by atoms with Gasteiger partial charge < -0.3 is 15.2 Å². The number of hydrogen-bond acceptors (Lipinski definition) is 5. The Labute approximate surface area is 133 Å². The molecule has 0 radical (unpaired) electrons. The summed E-state index contributed by atoms with van der Waals surface area (Å²) in [5.41, 5.74) is 2.90. The van der Waals surface area contributed by atoms with Gasteiger partial charge in [0.15, 0.2) is 5.82 Å². The molecule has 23 heavy (non-hydrogen) atoms. The number of carbonyl (C=O) groups is 1. The van der Waals surface area contributed by atoms with Gasteiger partial charge in [-0.25, -0.2) is 4.98 Å². The minimum Gasteiger partial charge on any atom is -0.360 e. The summed E-state index contributed by atoms with van der Waals surface area (Å²) >= 11 is 0. The van der Waals surface area contributed by atoms with Crippen LogP contribution in [0.4, 0.5) is 17.2 Å². The molecule has 116 valence electrons. The van der Waals surface area contributed by atoms with E-state index < -0.39 is 0 Å². The van der Waals surface area contributed by atoms with E-state index in [1.807, 2.05) is 38.1 Å². The van der Waals surface area contributed by atoms with Crippen LogP contribution in [0, 0.1) is 13.8 Å². The zero-order valence-corrected chi connectivity index (χ0v) is 12.8. The van der Waals surface area contributed by atoms with Gasteiger partial charge in [-0.05, 0) is 43.7 Å². The fraction of sp³-hybridized carbons (Fsp3) is 0.118. The number of aromatic nitrogens is 2. The van der Waals surface area contributed by atoms with E-state index in [4.69, 9.17) is 4.52 Å². The van der Waals surface area contributed by atoms with Crippen molar-refractivity contribution in [1.82, 2.24) is 10.1 Å². The second-order valence-electron chi connectivity index (χ2n) is 5.20. The smallest absolute Gasteiger partial charge is 0.274 e. The van der Waals surface area contributed by atoms with Crippen molar-refractivity contribution < 1.29 is 9.32 Å². The number of nitrogens with one attached hydrogen (secondary N) is 2. The zero-order chi connectivity index (χ0) is 16.2. The molecule has 0 fully saturated rings. The van der Waals surface area contributed by atoms with Gasteiger partial charge in [-0.15, -0.1) is 0 Å². The molecule has 2 heterocycles. The lowest BCUT2D eigenvalue weighted by Gasteiger charge is -2.06. The fourth-order valence-corrected chi connectivity index (χ4v) is 2.09. The molecule has 0 aliphatic rings. The maximum Gasteiger partial charge on any atom is 0.274 e. The number of carbonyl (C=O) groups excluding carboxylic acids is 1. The van der Waals surface area contributed by atoms with Crippen LogP contribution in [-0.4, -0.2) is 16.0 Å². The molecule has 0 aliphatic carbocycles. The Bertz CT molecular complexity index is 825. The maximum absolute atomic E-state index is 12.2. The van der Waals surface area contributed by atoms with Crippen LogP contribution >= 0.6 is 0 Å². The molecule has 6 heteroatoms. The van der Waals surface area contributed by atoms with E-state index in [0.29, 0.717) is 11.5 Å². The van der Waals surface area contributed by atoms with E-state index in [2.05, 4.69) is 20.8 Å². The first-order valence-corrected chi connectivity index (χ1v) is 7.14. The van der Waals surface area contributed by atoms with Gasteiger partial charge in [-0.2, -0.15) is 0 Å². The topological polar surface area (TPSA) is 80.0 Å². The maximum atomic E-state index is 12.2. The largest absolute Gasteiger partial charge is 0.360 e. The summed E-state index contributed by atoms with van der Waals surface area (Å²) in [4.78, 5) is 16.3. The summed E-state index contributed by atoms with van der Waals surface area (Å²) < 4.78 is 4.98. The molecule has 3 aromatic rings. The number of pyridine rings is 1. The van der Waals surface area contributed by atoms with E-state index in [1.165, 1.54) is 0 Å². The van der Waals surface area contributed by atoms with Gasteiger partial charge in [0.2, 0.25) is 0 Å². The summed E-state index contributed by atoms with van der Waals surface area (Å²) in [6, 6.07) is 12.8. The highest BCUT2D eigenvalue weighted by atomic mass is 16.5. The van der Waals surface area contributed by atoms with E-state index in [-0.39, 0.29) is 5.91 Å². The number of benzene rings is 1. The van der Waals surface area contributed by atoms with Crippen molar-refractivity contribution in [2.45, 2.75) is 13.8 Å². The summed E-state index contributed by atoms with van der Waals surface area (Å²) in [5.74, 6) is 1.07. The Hall–Kier alpha value is -3.15. The van der Waals surface area contributed by atoms with Gasteiger partial charge in [0.1, 0.15) is 11.5 Å². The Morgan fingerprint density at radius 2 is 1.96 bits per heavy atom. The molecular weight excluding hydrogens is 292 g/mol. The number of hydrogen-bond donors (Lipinski definition) is 2. The van der Waals surface area contributed by atoms with E-state index in [9.17, 15) is 4.79 Å². The molecule has 2 aromatic heterocycles.